The summed E-state index contributed by atoms with van der Waals surface area (Å²) in [6, 6.07) is 5.62. The molecule has 0 aliphatic rings. The van der Waals surface area contributed by atoms with Crippen molar-refractivity contribution in [2.24, 2.45) is 0 Å². The molecule has 0 atom stereocenters. The average Bonchev–Trinajstić information content (AvgIpc) is 2.87. The number of methoxy groups -OCH3 is 2. The minimum atomic E-state index is 0.419. The molecule has 0 aliphatic carbocycles. The Morgan fingerprint density at radius 2 is 0.743 bits per heavy atom. The van der Waals surface area contributed by atoms with E-state index in [1.807, 2.05) is 18.2 Å². The highest BCUT2D eigenvalue weighted by Crippen LogP contribution is 2.34. The van der Waals surface area contributed by atoms with Crippen LogP contribution in [-0.2, 0) is 37.9 Å². The zero-order valence-corrected chi connectivity index (χ0v) is 22.6. The maximum Gasteiger partial charge on any atom is 0.137 e. The number of hydrogen-bond donors (Lipinski definition) is 0. The maximum atomic E-state index is 5.78. The van der Waals surface area contributed by atoms with Crippen LogP contribution in [0.1, 0.15) is 0 Å². The van der Waals surface area contributed by atoms with Gasteiger partial charge in [-0.05, 0) is 28.1 Å². The van der Waals surface area contributed by atoms with Crippen molar-refractivity contribution in [3.63, 3.8) is 0 Å². The van der Waals surface area contributed by atoms with Gasteiger partial charge < -0.3 is 47.4 Å². The molecule has 0 aliphatic heterocycles. The van der Waals surface area contributed by atoms with E-state index < -0.39 is 0 Å². The highest BCUT2D eigenvalue weighted by Gasteiger charge is 2.08. The van der Waals surface area contributed by atoms with Gasteiger partial charge in [0.15, 0.2) is 0 Å². The fourth-order valence-corrected chi connectivity index (χ4v) is 3.00. The second kappa shape index (κ2) is 24.7. The van der Waals surface area contributed by atoms with Crippen molar-refractivity contribution in [3.8, 4) is 11.5 Å². The van der Waals surface area contributed by atoms with Crippen LogP contribution >= 0.6 is 15.9 Å². The van der Waals surface area contributed by atoms with Crippen LogP contribution in [0.5, 0.6) is 11.5 Å². The van der Waals surface area contributed by atoms with Crippen LogP contribution in [0.4, 0.5) is 0 Å². The van der Waals surface area contributed by atoms with E-state index in [-0.39, 0.29) is 0 Å². The molecule has 0 unspecified atom stereocenters. The molecule has 1 aromatic rings. The van der Waals surface area contributed by atoms with Crippen molar-refractivity contribution in [2.75, 3.05) is 120 Å². The molecule has 0 radical (unpaired) electrons. The molecule has 0 N–H and O–H groups in total. The zero-order chi connectivity index (χ0) is 25.2. The third-order valence-corrected chi connectivity index (χ3v) is 5.03. The highest BCUT2D eigenvalue weighted by atomic mass is 79.9. The quantitative estimate of drug-likeness (QED) is 0.155. The molecule has 0 saturated carbocycles. The first kappa shape index (κ1) is 32.0. The molecule has 0 fully saturated rings. The molecule has 0 amide bonds. The van der Waals surface area contributed by atoms with Crippen LogP contribution in [0.2, 0.25) is 0 Å². The van der Waals surface area contributed by atoms with Gasteiger partial charge in [-0.1, -0.05) is 6.07 Å². The van der Waals surface area contributed by atoms with Gasteiger partial charge >= 0.3 is 0 Å². The number of hydrogen-bond acceptors (Lipinski definition) is 10. The highest BCUT2D eigenvalue weighted by molar-refractivity contribution is 9.10. The molecular formula is C24H41BrO10. The van der Waals surface area contributed by atoms with Crippen LogP contribution in [-0.4, -0.2) is 120 Å². The molecule has 0 heterocycles. The monoisotopic (exact) mass is 568 g/mol. The van der Waals surface area contributed by atoms with Crippen LogP contribution in [0.3, 0.4) is 0 Å². The van der Waals surface area contributed by atoms with E-state index in [9.17, 15) is 0 Å². The fourth-order valence-electron chi connectivity index (χ4n) is 2.50. The van der Waals surface area contributed by atoms with Gasteiger partial charge in [-0.15, -0.1) is 0 Å². The van der Waals surface area contributed by atoms with Crippen molar-refractivity contribution in [1.29, 1.82) is 0 Å². The Labute approximate surface area is 217 Å². The smallest absolute Gasteiger partial charge is 0.137 e. The third-order valence-electron chi connectivity index (χ3n) is 4.25. The van der Waals surface area contributed by atoms with Crippen molar-refractivity contribution < 1.29 is 47.4 Å². The summed E-state index contributed by atoms with van der Waals surface area (Å²) < 4.78 is 54.6. The SMILES string of the molecule is COCCOCCOCCOCCOc1cccc(OCCOCCOCCOCCOC)c1Br. The summed E-state index contributed by atoms with van der Waals surface area (Å²) in [5, 5.41) is 0. The number of ether oxygens (including phenoxy) is 10. The van der Waals surface area contributed by atoms with E-state index in [0.29, 0.717) is 117 Å². The lowest BCUT2D eigenvalue weighted by atomic mass is 10.3. The molecule has 1 rings (SSSR count). The lowest BCUT2D eigenvalue weighted by molar-refractivity contribution is -0.000156. The summed E-state index contributed by atoms with van der Waals surface area (Å²) in [6.45, 7) is 8.27. The van der Waals surface area contributed by atoms with E-state index in [0.717, 1.165) is 4.47 Å². The van der Waals surface area contributed by atoms with Crippen molar-refractivity contribution in [3.05, 3.63) is 22.7 Å². The number of rotatable bonds is 26. The van der Waals surface area contributed by atoms with Gasteiger partial charge in [-0.25, -0.2) is 0 Å². The number of benzene rings is 1. The fraction of sp³-hybridized carbons (Fsp3) is 0.750. The summed E-state index contributed by atoms with van der Waals surface area (Å²) in [4.78, 5) is 0. The minimum Gasteiger partial charge on any atom is -0.490 e. The molecule has 35 heavy (non-hydrogen) atoms. The third kappa shape index (κ3) is 18.8. The Balaban J connectivity index is 2.00. The van der Waals surface area contributed by atoms with E-state index in [4.69, 9.17) is 47.4 Å². The summed E-state index contributed by atoms with van der Waals surface area (Å²) in [5.74, 6) is 1.38. The van der Waals surface area contributed by atoms with Crippen molar-refractivity contribution >= 4 is 15.9 Å². The Morgan fingerprint density at radius 3 is 1.06 bits per heavy atom. The standard InChI is InChI=1S/C24H41BrO10/c1-26-6-8-28-10-12-30-14-16-32-18-20-34-22-4-3-5-23(24(22)25)35-21-19-33-17-15-31-13-11-29-9-7-27-2/h3-5H,6-21H2,1-2H3. The van der Waals surface area contributed by atoms with Gasteiger partial charge in [0.2, 0.25) is 0 Å². The van der Waals surface area contributed by atoms with Crippen molar-refractivity contribution in [2.45, 2.75) is 0 Å². The molecule has 10 nitrogen and oxygen atoms in total. The Kier molecular flexibility index (Phi) is 22.6. The zero-order valence-electron chi connectivity index (χ0n) is 21.0. The molecule has 0 saturated heterocycles. The molecule has 1 aromatic carbocycles. The van der Waals surface area contributed by atoms with Gasteiger partial charge in [-0.3, -0.25) is 0 Å². The predicted octanol–water partition coefficient (Wildman–Crippen LogP) is 2.60. The summed E-state index contributed by atoms with van der Waals surface area (Å²) in [5.41, 5.74) is 0. The Bertz CT molecular complexity index is 547. The lowest BCUT2D eigenvalue weighted by Crippen LogP contribution is -2.14. The first-order valence-corrected chi connectivity index (χ1v) is 12.6. The Hall–Kier alpha value is -1.02. The summed E-state index contributed by atoms with van der Waals surface area (Å²) in [6.07, 6.45) is 0. The van der Waals surface area contributed by atoms with Gasteiger partial charge in [0.05, 0.1) is 92.5 Å². The predicted molar refractivity (Wildman–Crippen MR) is 134 cm³/mol. The van der Waals surface area contributed by atoms with Crippen molar-refractivity contribution in [1.82, 2.24) is 0 Å². The van der Waals surface area contributed by atoms with E-state index in [2.05, 4.69) is 15.9 Å². The van der Waals surface area contributed by atoms with Gasteiger partial charge in [0.1, 0.15) is 29.2 Å². The minimum absolute atomic E-state index is 0.419. The van der Waals surface area contributed by atoms with E-state index in [1.165, 1.54) is 0 Å². The molecule has 204 valence electrons. The molecule has 0 spiro atoms. The average molecular weight is 569 g/mol. The van der Waals surface area contributed by atoms with Crippen LogP contribution < -0.4 is 9.47 Å². The largest absolute Gasteiger partial charge is 0.490 e. The van der Waals surface area contributed by atoms with E-state index in [1.54, 1.807) is 14.2 Å². The number of halogens is 1. The van der Waals surface area contributed by atoms with Crippen LogP contribution in [0.15, 0.2) is 22.7 Å². The van der Waals surface area contributed by atoms with Gasteiger partial charge in [-0.2, -0.15) is 0 Å². The van der Waals surface area contributed by atoms with Gasteiger partial charge in [0.25, 0.3) is 0 Å². The first-order valence-electron chi connectivity index (χ1n) is 11.8. The maximum absolute atomic E-state index is 5.78. The lowest BCUT2D eigenvalue weighted by Gasteiger charge is -2.13. The molecular weight excluding hydrogens is 528 g/mol. The normalized spacial score (nSPS) is 11.2. The summed E-state index contributed by atoms with van der Waals surface area (Å²) >= 11 is 3.54. The van der Waals surface area contributed by atoms with Crippen LogP contribution in [0, 0.1) is 0 Å². The molecule has 0 aromatic heterocycles. The first-order chi connectivity index (χ1) is 17.3. The second-order valence-electron chi connectivity index (χ2n) is 6.93. The molecule has 0 bridgehead atoms. The van der Waals surface area contributed by atoms with E-state index >= 15 is 0 Å². The topological polar surface area (TPSA) is 92.3 Å². The second-order valence-corrected chi connectivity index (χ2v) is 7.72. The van der Waals surface area contributed by atoms with Gasteiger partial charge in [0, 0.05) is 14.2 Å². The Morgan fingerprint density at radius 1 is 0.457 bits per heavy atom. The molecule has 11 heteroatoms. The van der Waals surface area contributed by atoms with Crippen LogP contribution in [0.25, 0.3) is 0 Å². The summed E-state index contributed by atoms with van der Waals surface area (Å²) in [7, 11) is 3.29.